The Balaban J connectivity index is 2.32. The summed E-state index contributed by atoms with van der Waals surface area (Å²) < 4.78 is 37.3. The molecule has 0 aromatic rings. The van der Waals surface area contributed by atoms with Crippen molar-refractivity contribution in [3.8, 4) is 0 Å². The van der Waals surface area contributed by atoms with Gasteiger partial charge in [0.05, 0.1) is 5.92 Å². The van der Waals surface area contributed by atoms with E-state index in [0.717, 1.165) is 0 Å². The molecule has 96 valence electrons. The van der Waals surface area contributed by atoms with Crippen molar-refractivity contribution in [1.29, 1.82) is 0 Å². The van der Waals surface area contributed by atoms with Crippen LogP contribution in [0.25, 0.3) is 0 Å². The molecule has 1 aliphatic rings. The minimum absolute atomic E-state index is 0.0281. The van der Waals surface area contributed by atoms with Gasteiger partial charge in [-0.15, -0.1) is 0 Å². The van der Waals surface area contributed by atoms with Crippen LogP contribution in [0.2, 0.25) is 0 Å². The lowest BCUT2D eigenvalue weighted by atomic mass is 9.85. The summed E-state index contributed by atoms with van der Waals surface area (Å²) in [4.78, 5) is 0. The van der Waals surface area contributed by atoms with E-state index < -0.39 is 12.1 Å². The van der Waals surface area contributed by atoms with Crippen molar-refractivity contribution in [2.24, 2.45) is 11.7 Å². The van der Waals surface area contributed by atoms with Gasteiger partial charge in [-0.1, -0.05) is 0 Å². The molecule has 3 N–H and O–H groups in total. The number of nitrogens with one attached hydrogen (secondary N) is 1. The Morgan fingerprint density at radius 2 is 1.62 bits per heavy atom. The molecular formula is C11H21F3N2. The second-order valence-electron chi connectivity index (χ2n) is 4.90. The van der Waals surface area contributed by atoms with E-state index in [-0.39, 0.29) is 31.0 Å². The summed E-state index contributed by atoms with van der Waals surface area (Å²) in [5.74, 6) is -1.10. The first-order valence-corrected chi connectivity index (χ1v) is 5.89. The van der Waals surface area contributed by atoms with Crippen molar-refractivity contribution in [2.45, 2.75) is 63.8 Å². The molecule has 0 bridgehead atoms. The maximum atomic E-state index is 12.4. The first-order valence-electron chi connectivity index (χ1n) is 5.89. The molecule has 0 amide bonds. The van der Waals surface area contributed by atoms with Crippen LogP contribution in [0.5, 0.6) is 0 Å². The van der Waals surface area contributed by atoms with Gasteiger partial charge in [0, 0.05) is 18.1 Å². The molecule has 1 fully saturated rings. The van der Waals surface area contributed by atoms with Crippen LogP contribution in [0.15, 0.2) is 0 Å². The molecule has 0 saturated heterocycles. The maximum Gasteiger partial charge on any atom is 0.391 e. The second-order valence-corrected chi connectivity index (χ2v) is 4.90. The van der Waals surface area contributed by atoms with Gasteiger partial charge in [-0.05, 0) is 39.5 Å². The highest BCUT2D eigenvalue weighted by molar-refractivity contribution is 4.83. The molecule has 1 aliphatic carbocycles. The lowest BCUT2D eigenvalue weighted by Gasteiger charge is -2.33. The topological polar surface area (TPSA) is 38.0 Å². The molecule has 5 heteroatoms. The quantitative estimate of drug-likeness (QED) is 0.792. The SMILES string of the molecule is CC(N)C(C)NC1CCC(C(F)(F)F)CC1. The number of rotatable bonds is 3. The van der Waals surface area contributed by atoms with Crippen molar-refractivity contribution >= 4 is 0 Å². The van der Waals surface area contributed by atoms with Crippen molar-refractivity contribution in [3.63, 3.8) is 0 Å². The zero-order chi connectivity index (χ0) is 12.3. The Labute approximate surface area is 94.8 Å². The van der Waals surface area contributed by atoms with Gasteiger partial charge in [0.25, 0.3) is 0 Å². The van der Waals surface area contributed by atoms with Crippen LogP contribution in [0.4, 0.5) is 13.2 Å². The molecule has 0 aliphatic heterocycles. The van der Waals surface area contributed by atoms with Gasteiger partial charge in [0.1, 0.15) is 0 Å². The van der Waals surface area contributed by atoms with Gasteiger partial charge in [0.2, 0.25) is 0 Å². The Bertz CT molecular complexity index is 208. The van der Waals surface area contributed by atoms with Crippen LogP contribution >= 0.6 is 0 Å². The summed E-state index contributed by atoms with van der Waals surface area (Å²) in [6, 6.07) is 0.382. The number of alkyl halides is 3. The lowest BCUT2D eigenvalue weighted by Crippen LogP contribution is -2.47. The molecule has 1 saturated carbocycles. The normalized spacial score (nSPS) is 31.1. The third-order valence-corrected chi connectivity index (χ3v) is 3.48. The third kappa shape index (κ3) is 3.94. The molecule has 0 spiro atoms. The summed E-state index contributed by atoms with van der Waals surface area (Å²) >= 11 is 0. The van der Waals surface area contributed by atoms with Crippen molar-refractivity contribution in [2.75, 3.05) is 0 Å². The minimum Gasteiger partial charge on any atom is -0.327 e. The first kappa shape index (κ1) is 13.8. The molecule has 0 aromatic carbocycles. The lowest BCUT2D eigenvalue weighted by molar-refractivity contribution is -0.182. The van der Waals surface area contributed by atoms with Gasteiger partial charge >= 0.3 is 6.18 Å². The molecule has 0 heterocycles. The summed E-state index contributed by atoms with van der Waals surface area (Å²) in [6.07, 6.45) is -2.33. The highest BCUT2D eigenvalue weighted by atomic mass is 19.4. The molecular weight excluding hydrogens is 217 g/mol. The summed E-state index contributed by atoms with van der Waals surface area (Å²) in [7, 11) is 0. The zero-order valence-corrected chi connectivity index (χ0v) is 9.85. The van der Waals surface area contributed by atoms with Crippen LogP contribution < -0.4 is 11.1 Å². The van der Waals surface area contributed by atoms with Crippen LogP contribution in [0.3, 0.4) is 0 Å². The number of hydrogen-bond donors (Lipinski definition) is 2. The third-order valence-electron chi connectivity index (χ3n) is 3.48. The Morgan fingerprint density at radius 3 is 2.00 bits per heavy atom. The number of hydrogen-bond acceptors (Lipinski definition) is 2. The molecule has 0 radical (unpaired) electrons. The molecule has 1 rings (SSSR count). The van der Waals surface area contributed by atoms with Crippen molar-refractivity contribution < 1.29 is 13.2 Å². The predicted molar refractivity (Wildman–Crippen MR) is 58.0 cm³/mol. The van der Waals surface area contributed by atoms with Gasteiger partial charge in [-0.3, -0.25) is 0 Å². The van der Waals surface area contributed by atoms with E-state index in [2.05, 4.69) is 5.32 Å². The van der Waals surface area contributed by atoms with Gasteiger partial charge in [0.15, 0.2) is 0 Å². The largest absolute Gasteiger partial charge is 0.391 e. The maximum absolute atomic E-state index is 12.4. The smallest absolute Gasteiger partial charge is 0.327 e. The van der Waals surface area contributed by atoms with E-state index in [1.165, 1.54) is 0 Å². The average molecular weight is 238 g/mol. The Morgan fingerprint density at radius 1 is 1.12 bits per heavy atom. The van der Waals surface area contributed by atoms with E-state index in [4.69, 9.17) is 5.73 Å². The van der Waals surface area contributed by atoms with E-state index in [1.807, 2.05) is 13.8 Å². The number of halogens is 3. The van der Waals surface area contributed by atoms with Gasteiger partial charge < -0.3 is 11.1 Å². The van der Waals surface area contributed by atoms with Crippen LogP contribution in [-0.2, 0) is 0 Å². The molecule has 16 heavy (non-hydrogen) atoms. The summed E-state index contributed by atoms with van der Waals surface area (Å²) in [5, 5.41) is 3.30. The fourth-order valence-electron chi connectivity index (χ4n) is 2.11. The summed E-state index contributed by atoms with van der Waals surface area (Å²) in [5.41, 5.74) is 5.71. The van der Waals surface area contributed by atoms with E-state index in [9.17, 15) is 13.2 Å². The van der Waals surface area contributed by atoms with E-state index in [0.29, 0.717) is 12.8 Å². The van der Waals surface area contributed by atoms with Crippen molar-refractivity contribution in [3.05, 3.63) is 0 Å². The summed E-state index contributed by atoms with van der Waals surface area (Å²) in [6.45, 7) is 3.87. The Hall–Kier alpha value is -0.290. The highest BCUT2D eigenvalue weighted by Gasteiger charge is 2.41. The number of nitrogens with two attached hydrogens (primary N) is 1. The standard InChI is InChI=1S/C11H21F3N2/c1-7(15)8(2)16-10-5-3-9(4-6-10)11(12,13)14/h7-10,16H,3-6,15H2,1-2H3. The van der Waals surface area contributed by atoms with Gasteiger partial charge in [-0.25, -0.2) is 0 Å². The zero-order valence-electron chi connectivity index (χ0n) is 9.85. The molecule has 0 aromatic heterocycles. The molecule has 2 atom stereocenters. The average Bonchev–Trinajstić information content (AvgIpc) is 2.17. The molecule has 2 unspecified atom stereocenters. The predicted octanol–water partition coefficient (Wildman–Crippen LogP) is 2.43. The molecule has 2 nitrogen and oxygen atoms in total. The van der Waals surface area contributed by atoms with Crippen molar-refractivity contribution in [1.82, 2.24) is 5.32 Å². The monoisotopic (exact) mass is 238 g/mol. The van der Waals surface area contributed by atoms with Crippen LogP contribution in [0.1, 0.15) is 39.5 Å². The minimum atomic E-state index is -4.02. The van der Waals surface area contributed by atoms with Crippen LogP contribution in [-0.4, -0.2) is 24.3 Å². The highest BCUT2D eigenvalue weighted by Crippen LogP contribution is 2.37. The second kappa shape index (κ2) is 5.36. The van der Waals surface area contributed by atoms with E-state index >= 15 is 0 Å². The fraction of sp³-hybridized carbons (Fsp3) is 1.00. The first-order chi connectivity index (χ1) is 7.30. The van der Waals surface area contributed by atoms with Gasteiger partial charge in [-0.2, -0.15) is 13.2 Å². The Kier molecular flexibility index (Phi) is 4.62. The fourth-order valence-corrected chi connectivity index (χ4v) is 2.11. The van der Waals surface area contributed by atoms with E-state index in [1.54, 1.807) is 0 Å². The van der Waals surface area contributed by atoms with Crippen LogP contribution in [0, 0.1) is 5.92 Å².